The summed E-state index contributed by atoms with van der Waals surface area (Å²) < 4.78 is 0. The van der Waals surface area contributed by atoms with Crippen molar-refractivity contribution < 1.29 is 4.79 Å². The van der Waals surface area contributed by atoms with E-state index in [-0.39, 0.29) is 17.5 Å². The minimum atomic E-state index is 0.0101. The standard InChI is InChI=1S/C13H26N2O/c1-4-13(5-2,6-3)15-12(16)11-9-7-8-10-14-11/h11,14H,4-10H2,1-3H3,(H,15,16). The Bertz CT molecular complexity index is 210. The van der Waals surface area contributed by atoms with E-state index >= 15 is 0 Å². The van der Waals surface area contributed by atoms with Gasteiger partial charge in [0.25, 0.3) is 0 Å². The number of carbonyl (C=O) groups is 1. The zero-order chi connectivity index (χ0) is 12.0. The average Bonchev–Trinajstić information content (AvgIpc) is 2.37. The van der Waals surface area contributed by atoms with Gasteiger partial charge in [-0.05, 0) is 38.6 Å². The molecule has 2 N–H and O–H groups in total. The first kappa shape index (κ1) is 13.5. The van der Waals surface area contributed by atoms with Crippen LogP contribution in [0.1, 0.15) is 59.3 Å². The van der Waals surface area contributed by atoms with Crippen LogP contribution in [0.5, 0.6) is 0 Å². The summed E-state index contributed by atoms with van der Waals surface area (Å²) in [5.41, 5.74) is 0.0101. The Hall–Kier alpha value is -0.570. The van der Waals surface area contributed by atoms with E-state index in [4.69, 9.17) is 0 Å². The summed E-state index contributed by atoms with van der Waals surface area (Å²) in [6.07, 6.45) is 6.39. The number of carbonyl (C=O) groups excluding carboxylic acids is 1. The molecular formula is C13H26N2O. The zero-order valence-corrected chi connectivity index (χ0v) is 10.9. The second kappa shape index (κ2) is 6.24. The van der Waals surface area contributed by atoms with Gasteiger partial charge in [-0.3, -0.25) is 4.79 Å². The van der Waals surface area contributed by atoms with E-state index in [1.54, 1.807) is 0 Å². The van der Waals surface area contributed by atoms with Crippen molar-refractivity contribution in [1.82, 2.24) is 10.6 Å². The van der Waals surface area contributed by atoms with Crippen LogP contribution in [0.3, 0.4) is 0 Å². The molecule has 1 amide bonds. The molecule has 1 heterocycles. The second-order valence-corrected chi connectivity index (χ2v) is 4.83. The quantitative estimate of drug-likeness (QED) is 0.754. The van der Waals surface area contributed by atoms with Gasteiger partial charge in [-0.2, -0.15) is 0 Å². The molecule has 0 bridgehead atoms. The van der Waals surface area contributed by atoms with E-state index < -0.39 is 0 Å². The van der Waals surface area contributed by atoms with Crippen molar-refractivity contribution in [3.63, 3.8) is 0 Å². The lowest BCUT2D eigenvalue weighted by atomic mass is 9.89. The van der Waals surface area contributed by atoms with Crippen LogP contribution in [0.4, 0.5) is 0 Å². The Kier molecular flexibility index (Phi) is 5.26. The van der Waals surface area contributed by atoms with Gasteiger partial charge in [-0.1, -0.05) is 27.2 Å². The lowest BCUT2D eigenvalue weighted by Crippen LogP contribution is -2.55. The van der Waals surface area contributed by atoms with Crippen LogP contribution in [0.2, 0.25) is 0 Å². The molecule has 0 aromatic heterocycles. The van der Waals surface area contributed by atoms with Gasteiger partial charge < -0.3 is 10.6 Å². The fourth-order valence-corrected chi connectivity index (χ4v) is 2.44. The highest BCUT2D eigenvalue weighted by atomic mass is 16.2. The minimum Gasteiger partial charge on any atom is -0.349 e. The van der Waals surface area contributed by atoms with E-state index in [2.05, 4.69) is 31.4 Å². The number of amides is 1. The number of rotatable bonds is 5. The maximum Gasteiger partial charge on any atom is 0.237 e. The van der Waals surface area contributed by atoms with Gasteiger partial charge in [-0.15, -0.1) is 0 Å². The normalized spacial score (nSPS) is 21.8. The Labute approximate surface area is 99.4 Å². The molecule has 1 fully saturated rings. The van der Waals surface area contributed by atoms with Crippen LogP contribution in [0.15, 0.2) is 0 Å². The van der Waals surface area contributed by atoms with Crippen LogP contribution in [-0.4, -0.2) is 24.0 Å². The number of hydrogen-bond donors (Lipinski definition) is 2. The molecule has 3 nitrogen and oxygen atoms in total. The number of nitrogens with one attached hydrogen (secondary N) is 2. The van der Waals surface area contributed by atoms with E-state index in [0.29, 0.717) is 0 Å². The van der Waals surface area contributed by atoms with Crippen LogP contribution in [-0.2, 0) is 4.79 Å². The SMILES string of the molecule is CCC(CC)(CC)NC(=O)C1CCCCN1. The maximum absolute atomic E-state index is 12.1. The summed E-state index contributed by atoms with van der Waals surface area (Å²) in [6.45, 7) is 7.44. The molecule has 3 heteroatoms. The highest BCUT2D eigenvalue weighted by Crippen LogP contribution is 2.20. The molecule has 0 radical (unpaired) electrons. The van der Waals surface area contributed by atoms with Gasteiger partial charge in [0.05, 0.1) is 6.04 Å². The summed E-state index contributed by atoms with van der Waals surface area (Å²) in [7, 11) is 0. The molecule has 0 aliphatic carbocycles. The Balaban J connectivity index is 2.53. The van der Waals surface area contributed by atoms with Crippen LogP contribution < -0.4 is 10.6 Å². The van der Waals surface area contributed by atoms with Crippen molar-refractivity contribution >= 4 is 5.91 Å². The van der Waals surface area contributed by atoms with Gasteiger partial charge in [0.2, 0.25) is 5.91 Å². The van der Waals surface area contributed by atoms with Crippen molar-refractivity contribution in [2.75, 3.05) is 6.54 Å². The van der Waals surface area contributed by atoms with E-state index in [1.807, 2.05) is 0 Å². The Morgan fingerprint density at radius 2 is 1.88 bits per heavy atom. The monoisotopic (exact) mass is 226 g/mol. The van der Waals surface area contributed by atoms with Crippen LogP contribution in [0, 0.1) is 0 Å². The van der Waals surface area contributed by atoms with E-state index in [9.17, 15) is 4.79 Å². The third-order valence-corrected chi connectivity index (χ3v) is 4.05. The molecule has 0 aromatic rings. The van der Waals surface area contributed by atoms with Gasteiger partial charge >= 0.3 is 0 Å². The van der Waals surface area contributed by atoms with Crippen molar-refractivity contribution in [3.8, 4) is 0 Å². The van der Waals surface area contributed by atoms with Crippen molar-refractivity contribution in [3.05, 3.63) is 0 Å². The molecular weight excluding hydrogens is 200 g/mol. The first-order valence-corrected chi connectivity index (χ1v) is 6.73. The summed E-state index contributed by atoms with van der Waals surface area (Å²) >= 11 is 0. The van der Waals surface area contributed by atoms with E-state index in [0.717, 1.165) is 32.2 Å². The predicted molar refractivity (Wildman–Crippen MR) is 67.4 cm³/mol. The Morgan fingerprint density at radius 1 is 1.25 bits per heavy atom. The minimum absolute atomic E-state index is 0.0101. The van der Waals surface area contributed by atoms with Crippen LogP contribution >= 0.6 is 0 Å². The van der Waals surface area contributed by atoms with Crippen molar-refractivity contribution in [2.45, 2.75) is 70.9 Å². The average molecular weight is 226 g/mol. The van der Waals surface area contributed by atoms with Gasteiger partial charge in [0, 0.05) is 5.54 Å². The molecule has 1 rings (SSSR count). The fourth-order valence-electron chi connectivity index (χ4n) is 2.44. The molecule has 1 saturated heterocycles. The number of piperidine rings is 1. The molecule has 16 heavy (non-hydrogen) atoms. The molecule has 1 atom stereocenters. The fraction of sp³-hybridized carbons (Fsp3) is 0.923. The second-order valence-electron chi connectivity index (χ2n) is 4.83. The third-order valence-electron chi connectivity index (χ3n) is 4.05. The smallest absolute Gasteiger partial charge is 0.237 e. The van der Waals surface area contributed by atoms with Gasteiger partial charge in [0.15, 0.2) is 0 Å². The van der Waals surface area contributed by atoms with Crippen LogP contribution in [0.25, 0.3) is 0 Å². The largest absolute Gasteiger partial charge is 0.349 e. The number of hydrogen-bond acceptors (Lipinski definition) is 2. The highest BCUT2D eigenvalue weighted by molar-refractivity contribution is 5.82. The van der Waals surface area contributed by atoms with Crippen molar-refractivity contribution in [2.24, 2.45) is 0 Å². The lowest BCUT2D eigenvalue weighted by molar-refractivity contribution is -0.125. The summed E-state index contributed by atoms with van der Waals surface area (Å²) in [4.78, 5) is 12.1. The van der Waals surface area contributed by atoms with Crippen molar-refractivity contribution in [1.29, 1.82) is 0 Å². The topological polar surface area (TPSA) is 41.1 Å². The molecule has 94 valence electrons. The molecule has 0 spiro atoms. The molecule has 1 aliphatic heterocycles. The molecule has 1 unspecified atom stereocenters. The first-order valence-electron chi connectivity index (χ1n) is 6.73. The summed E-state index contributed by atoms with van der Waals surface area (Å²) in [6, 6.07) is 0.0396. The third kappa shape index (κ3) is 3.21. The van der Waals surface area contributed by atoms with Gasteiger partial charge in [-0.25, -0.2) is 0 Å². The molecule has 0 saturated carbocycles. The maximum atomic E-state index is 12.1. The lowest BCUT2D eigenvalue weighted by Gasteiger charge is -2.34. The zero-order valence-electron chi connectivity index (χ0n) is 10.9. The molecule has 0 aromatic carbocycles. The first-order chi connectivity index (χ1) is 7.67. The highest BCUT2D eigenvalue weighted by Gasteiger charge is 2.29. The molecule has 1 aliphatic rings. The van der Waals surface area contributed by atoms with Gasteiger partial charge in [0.1, 0.15) is 0 Å². The van der Waals surface area contributed by atoms with E-state index in [1.165, 1.54) is 12.8 Å². The summed E-state index contributed by atoms with van der Waals surface area (Å²) in [5, 5.41) is 6.55. The Morgan fingerprint density at radius 3 is 2.31 bits per heavy atom. The predicted octanol–water partition coefficient (Wildman–Crippen LogP) is 2.21. The summed E-state index contributed by atoms with van der Waals surface area (Å²) in [5.74, 6) is 0.199.